The standard InChI is InChI=1S/C20H18B3N7O5/c1-34-16-10(17-26-14(8-31)35-30-17)3-2-4-11(16)24-12-7-13(25-18(32)9-5-6-9)28-29-15(12)19(33)27-20(21,22)23/h2-4,7,9,31H,5-6,8H2,1H3,(H,27,33)(H2,24,25,28,32). The number of hydrogen-bond acceptors (Lipinski definition) is 10. The first-order chi connectivity index (χ1) is 16.7. The SMILES string of the molecule is [B]C([B])([B])NC(=O)c1nnc(NC(=O)C2CC2)cc1Nc1cccc(-c2noc(CO)n2)c1OC. The number of nitrogens with one attached hydrogen (secondary N) is 3. The molecule has 0 saturated heterocycles. The number of benzene rings is 1. The number of para-hydroxylation sites is 1. The second-order valence-corrected chi connectivity index (χ2v) is 7.82. The average molecular weight is 469 g/mol. The van der Waals surface area contributed by atoms with Gasteiger partial charge in [0, 0.05) is 12.0 Å². The molecule has 0 aliphatic heterocycles. The number of rotatable bonds is 9. The Morgan fingerprint density at radius 3 is 2.63 bits per heavy atom. The van der Waals surface area contributed by atoms with Crippen LogP contribution in [0.15, 0.2) is 28.8 Å². The zero-order valence-electron chi connectivity index (χ0n) is 18.6. The molecule has 1 aliphatic rings. The summed E-state index contributed by atoms with van der Waals surface area (Å²) in [5.41, 5.74) is 0.782. The van der Waals surface area contributed by atoms with E-state index in [1.165, 1.54) is 13.2 Å². The number of methoxy groups -OCH3 is 1. The van der Waals surface area contributed by atoms with E-state index < -0.39 is 17.8 Å². The van der Waals surface area contributed by atoms with E-state index in [0.717, 1.165) is 12.8 Å². The first-order valence-corrected chi connectivity index (χ1v) is 10.4. The van der Waals surface area contributed by atoms with Gasteiger partial charge in [-0.15, -0.1) is 10.2 Å². The highest BCUT2D eigenvalue weighted by atomic mass is 16.5. The van der Waals surface area contributed by atoms with Crippen molar-refractivity contribution >= 4 is 52.5 Å². The van der Waals surface area contributed by atoms with Gasteiger partial charge in [-0.2, -0.15) is 4.98 Å². The number of amides is 2. The molecule has 1 saturated carbocycles. The lowest BCUT2D eigenvalue weighted by atomic mass is 9.49. The molecule has 2 amide bonds. The Kier molecular flexibility index (Phi) is 6.78. The van der Waals surface area contributed by atoms with Gasteiger partial charge in [0.05, 0.1) is 47.6 Å². The van der Waals surface area contributed by atoms with Crippen LogP contribution in [0.1, 0.15) is 29.2 Å². The van der Waals surface area contributed by atoms with Crippen molar-refractivity contribution in [3.8, 4) is 17.1 Å². The molecule has 0 bridgehead atoms. The fourth-order valence-electron chi connectivity index (χ4n) is 3.15. The van der Waals surface area contributed by atoms with E-state index in [4.69, 9.17) is 32.8 Å². The second kappa shape index (κ2) is 9.78. The molecule has 0 spiro atoms. The van der Waals surface area contributed by atoms with Gasteiger partial charge in [-0.25, -0.2) is 0 Å². The summed E-state index contributed by atoms with van der Waals surface area (Å²) < 4.78 is 10.5. The number of anilines is 3. The lowest BCUT2D eigenvalue weighted by Crippen LogP contribution is -2.50. The Balaban J connectivity index is 1.72. The summed E-state index contributed by atoms with van der Waals surface area (Å²) in [5, 5.41) is 26.8. The highest BCUT2D eigenvalue weighted by molar-refractivity contribution is 6.60. The van der Waals surface area contributed by atoms with Crippen LogP contribution >= 0.6 is 0 Å². The number of aliphatic hydroxyl groups excluding tert-OH is 1. The van der Waals surface area contributed by atoms with Crippen molar-refractivity contribution in [1.82, 2.24) is 25.7 Å². The molecule has 3 aromatic rings. The molecule has 15 heteroatoms. The van der Waals surface area contributed by atoms with Crippen LogP contribution in [0.4, 0.5) is 17.2 Å². The molecule has 2 heterocycles. The van der Waals surface area contributed by atoms with Gasteiger partial charge in [-0.05, 0) is 25.0 Å². The molecule has 35 heavy (non-hydrogen) atoms. The van der Waals surface area contributed by atoms with E-state index in [-0.39, 0.29) is 40.7 Å². The van der Waals surface area contributed by atoms with Gasteiger partial charge in [-0.1, -0.05) is 16.5 Å². The van der Waals surface area contributed by atoms with E-state index in [1.807, 2.05) is 0 Å². The average Bonchev–Trinajstić information content (AvgIpc) is 3.55. The Bertz CT molecular complexity index is 1260. The number of ether oxygens (including phenoxy) is 1. The number of aromatic nitrogens is 4. The summed E-state index contributed by atoms with van der Waals surface area (Å²) in [6.45, 7) is -0.422. The minimum absolute atomic E-state index is 0.0302. The Morgan fingerprint density at radius 1 is 1.23 bits per heavy atom. The normalized spacial score (nSPS) is 13.2. The van der Waals surface area contributed by atoms with Crippen LogP contribution in [0, 0.1) is 5.92 Å². The van der Waals surface area contributed by atoms with Crippen LogP contribution in [0.3, 0.4) is 0 Å². The third kappa shape index (κ3) is 5.80. The fourth-order valence-corrected chi connectivity index (χ4v) is 3.15. The summed E-state index contributed by atoms with van der Waals surface area (Å²) >= 11 is 0. The van der Waals surface area contributed by atoms with E-state index >= 15 is 0 Å². The topological polar surface area (TPSA) is 164 Å². The van der Waals surface area contributed by atoms with Gasteiger partial charge in [-0.3, -0.25) is 9.59 Å². The largest absolute Gasteiger partial charge is 0.494 e. The fraction of sp³-hybridized carbons (Fsp3) is 0.300. The van der Waals surface area contributed by atoms with Gasteiger partial charge in [0.25, 0.3) is 11.8 Å². The Hall–Kier alpha value is -3.87. The molecule has 1 aromatic carbocycles. The monoisotopic (exact) mass is 469 g/mol. The van der Waals surface area contributed by atoms with Crippen LogP contribution < -0.4 is 20.7 Å². The zero-order valence-corrected chi connectivity index (χ0v) is 18.6. The molecule has 12 nitrogen and oxygen atoms in total. The first kappa shape index (κ1) is 24.3. The van der Waals surface area contributed by atoms with Gasteiger partial charge in [0.2, 0.25) is 11.7 Å². The summed E-state index contributed by atoms with van der Waals surface area (Å²) in [5.74, 6) is -0.438. The number of carbonyl (C=O) groups excluding carboxylic acids is 2. The molecule has 4 N–H and O–H groups in total. The van der Waals surface area contributed by atoms with Crippen LogP contribution in [-0.4, -0.2) is 73.1 Å². The molecule has 2 aromatic heterocycles. The predicted molar refractivity (Wildman–Crippen MR) is 126 cm³/mol. The maximum atomic E-state index is 12.7. The smallest absolute Gasteiger partial charge is 0.272 e. The maximum absolute atomic E-state index is 12.7. The van der Waals surface area contributed by atoms with Crippen molar-refractivity contribution in [3.63, 3.8) is 0 Å². The van der Waals surface area contributed by atoms with Gasteiger partial charge in [0.15, 0.2) is 17.3 Å². The third-order valence-corrected chi connectivity index (χ3v) is 4.87. The molecule has 0 atom stereocenters. The van der Waals surface area contributed by atoms with Gasteiger partial charge >= 0.3 is 0 Å². The van der Waals surface area contributed by atoms with E-state index in [9.17, 15) is 14.7 Å². The summed E-state index contributed by atoms with van der Waals surface area (Å²) in [6, 6.07) is 6.46. The molecule has 6 radical (unpaired) electrons. The minimum Gasteiger partial charge on any atom is -0.494 e. The maximum Gasteiger partial charge on any atom is 0.272 e. The summed E-state index contributed by atoms with van der Waals surface area (Å²) in [6.07, 6.45) is 1.60. The van der Waals surface area contributed by atoms with Gasteiger partial charge < -0.3 is 30.3 Å². The number of nitrogens with zero attached hydrogens (tertiary/aromatic N) is 4. The molecular weight excluding hydrogens is 451 g/mol. The third-order valence-electron chi connectivity index (χ3n) is 4.87. The van der Waals surface area contributed by atoms with Crippen molar-refractivity contribution in [2.75, 3.05) is 17.7 Å². The Labute approximate surface area is 203 Å². The van der Waals surface area contributed by atoms with Crippen molar-refractivity contribution < 1.29 is 24.0 Å². The lowest BCUT2D eigenvalue weighted by Gasteiger charge is -2.23. The van der Waals surface area contributed by atoms with Gasteiger partial charge in [0.1, 0.15) is 6.61 Å². The summed E-state index contributed by atoms with van der Waals surface area (Å²) in [4.78, 5) is 29.0. The van der Waals surface area contributed by atoms with Crippen molar-refractivity contribution in [3.05, 3.63) is 35.9 Å². The summed E-state index contributed by atoms with van der Waals surface area (Å²) in [7, 11) is 17.9. The van der Waals surface area contributed by atoms with Crippen molar-refractivity contribution in [2.24, 2.45) is 5.92 Å². The van der Waals surface area contributed by atoms with Crippen LogP contribution in [0.5, 0.6) is 5.75 Å². The highest BCUT2D eigenvalue weighted by Gasteiger charge is 2.30. The first-order valence-electron chi connectivity index (χ1n) is 10.4. The second-order valence-electron chi connectivity index (χ2n) is 7.82. The highest BCUT2D eigenvalue weighted by Crippen LogP contribution is 2.37. The van der Waals surface area contributed by atoms with E-state index in [2.05, 4.69) is 36.3 Å². The van der Waals surface area contributed by atoms with Crippen molar-refractivity contribution in [2.45, 2.75) is 24.7 Å². The number of hydrogen-bond donors (Lipinski definition) is 4. The molecule has 1 fully saturated rings. The van der Waals surface area contributed by atoms with Crippen molar-refractivity contribution in [1.29, 1.82) is 0 Å². The molecule has 172 valence electrons. The zero-order chi connectivity index (χ0) is 25.2. The minimum atomic E-state index is -2.00. The number of carbonyl (C=O) groups is 2. The molecule has 4 rings (SSSR count). The molecule has 1 aliphatic carbocycles. The predicted octanol–water partition coefficient (Wildman–Crippen LogP) is -0.0338. The molecular formula is C20H18B3N7O5. The van der Waals surface area contributed by atoms with Crippen LogP contribution in [0.25, 0.3) is 11.4 Å². The van der Waals surface area contributed by atoms with E-state index in [1.54, 1.807) is 18.2 Å². The van der Waals surface area contributed by atoms with Crippen LogP contribution in [-0.2, 0) is 11.4 Å². The lowest BCUT2D eigenvalue weighted by molar-refractivity contribution is -0.117. The van der Waals surface area contributed by atoms with Crippen LogP contribution in [0.2, 0.25) is 0 Å². The molecule has 0 unspecified atom stereocenters. The van der Waals surface area contributed by atoms with E-state index in [0.29, 0.717) is 17.0 Å². The number of aliphatic hydroxyl groups is 1. The quantitative estimate of drug-likeness (QED) is 0.313. The Morgan fingerprint density at radius 2 is 2.00 bits per heavy atom.